The Morgan fingerprint density at radius 2 is 1.85 bits per heavy atom. The van der Waals surface area contributed by atoms with Crippen LogP contribution < -0.4 is 10.6 Å². The van der Waals surface area contributed by atoms with E-state index in [9.17, 15) is 19.5 Å². The highest BCUT2D eigenvalue weighted by Crippen LogP contribution is 2.20. The zero-order chi connectivity index (χ0) is 24.6. The normalized spacial score (nSPS) is 19.5. The number of aliphatic hydroxyl groups excluding tert-OH is 1. The van der Waals surface area contributed by atoms with E-state index < -0.39 is 42.0 Å². The number of benzene rings is 1. The van der Waals surface area contributed by atoms with Crippen molar-refractivity contribution in [2.45, 2.75) is 84.4 Å². The lowest BCUT2D eigenvalue weighted by Gasteiger charge is -2.39. The van der Waals surface area contributed by atoms with Crippen molar-refractivity contribution in [3.63, 3.8) is 0 Å². The summed E-state index contributed by atoms with van der Waals surface area (Å²) in [5.74, 6) is -0.305. The number of carbonyl (C=O) groups is 3. The second-order valence-electron chi connectivity index (χ2n) is 9.73. The third-order valence-electron chi connectivity index (χ3n) is 5.08. The first-order valence-corrected chi connectivity index (χ1v) is 11.4. The number of likely N-dealkylation sites (tertiary alicyclic amines) is 1. The molecule has 2 rings (SSSR count). The molecule has 1 fully saturated rings. The molecule has 0 spiro atoms. The van der Waals surface area contributed by atoms with E-state index in [4.69, 9.17) is 9.47 Å². The second kappa shape index (κ2) is 11.9. The molecule has 1 aromatic carbocycles. The average Bonchev–Trinajstić information content (AvgIpc) is 2.72. The molecular formula is C24H37N3O6. The van der Waals surface area contributed by atoms with Crippen LogP contribution in [0.3, 0.4) is 0 Å². The van der Waals surface area contributed by atoms with Gasteiger partial charge in [-0.2, -0.15) is 0 Å². The van der Waals surface area contributed by atoms with Gasteiger partial charge in [-0.15, -0.1) is 0 Å². The monoisotopic (exact) mass is 463 g/mol. The summed E-state index contributed by atoms with van der Waals surface area (Å²) in [5, 5.41) is 16.1. The molecule has 3 N–H and O–H groups in total. The highest BCUT2D eigenvalue weighted by molar-refractivity contribution is 5.86. The quantitative estimate of drug-likeness (QED) is 0.572. The number of piperidine rings is 1. The number of amides is 3. The molecule has 1 heterocycles. The van der Waals surface area contributed by atoms with Crippen LogP contribution in [0.25, 0.3) is 0 Å². The first kappa shape index (κ1) is 26.4. The van der Waals surface area contributed by atoms with Gasteiger partial charge in [-0.1, -0.05) is 44.2 Å². The molecule has 0 aliphatic carbocycles. The molecule has 3 atom stereocenters. The molecular weight excluding hydrogens is 426 g/mol. The molecule has 9 nitrogen and oxygen atoms in total. The van der Waals surface area contributed by atoms with Crippen LogP contribution in [0, 0.1) is 5.92 Å². The lowest BCUT2D eigenvalue weighted by atomic mass is 10.0. The molecule has 0 saturated carbocycles. The Kier molecular flexibility index (Phi) is 9.52. The van der Waals surface area contributed by atoms with E-state index in [0.29, 0.717) is 25.8 Å². The van der Waals surface area contributed by atoms with Gasteiger partial charge in [-0.3, -0.25) is 9.69 Å². The first-order valence-electron chi connectivity index (χ1n) is 11.4. The summed E-state index contributed by atoms with van der Waals surface area (Å²) in [6, 6.07) is 7.74. The Labute approximate surface area is 195 Å². The third-order valence-corrected chi connectivity index (χ3v) is 5.08. The lowest BCUT2D eigenvalue weighted by molar-refractivity contribution is -0.127. The summed E-state index contributed by atoms with van der Waals surface area (Å²) in [6.45, 7) is 9.56. The van der Waals surface area contributed by atoms with E-state index in [1.807, 2.05) is 44.2 Å². The van der Waals surface area contributed by atoms with Crippen molar-refractivity contribution in [3.8, 4) is 0 Å². The van der Waals surface area contributed by atoms with Gasteiger partial charge >= 0.3 is 12.2 Å². The number of hydrogen-bond acceptors (Lipinski definition) is 6. The van der Waals surface area contributed by atoms with Crippen LogP contribution in [-0.2, 0) is 20.9 Å². The van der Waals surface area contributed by atoms with Gasteiger partial charge < -0.3 is 25.2 Å². The molecule has 0 aromatic heterocycles. The van der Waals surface area contributed by atoms with Gasteiger partial charge in [0.15, 0.2) is 6.23 Å². The fourth-order valence-electron chi connectivity index (χ4n) is 3.54. The molecule has 0 bridgehead atoms. The van der Waals surface area contributed by atoms with Crippen LogP contribution in [0.5, 0.6) is 0 Å². The number of alkyl carbamates (subject to hydrolysis) is 1. The highest BCUT2D eigenvalue weighted by Gasteiger charge is 2.37. The smallest absolute Gasteiger partial charge is 0.412 e. The molecule has 1 saturated heterocycles. The molecule has 1 unspecified atom stereocenters. The molecule has 9 heteroatoms. The van der Waals surface area contributed by atoms with Gasteiger partial charge in [-0.25, -0.2) is 9.59 Å². The van der Waals surface area contributed by atoms with E-state index in [0.717, 1.165) is 5.56 Å². The summed E-state index contributed by atoms with van der Waals surface area (Å²) < 4.78 is 10.6. The zero-order valence-electron chi connectivity index (χ0n) is 20.2. The molecule has 3 amide bonds. The van der Waals surface area contributed by atoms with Gasteiger partial charge in [0, 0.05) is 6.54 Å². The number of ether oxygens (including phenoxy) is 2. The Balaban J connectivity index is 1.97. The minimum atomic E-state index is -1.22. The molecule has 0 radical (unpaired) electrons. The Morgan fingerprint density at radius 1 is 1.18 bits per heavy atom. The van der Waals surface area contributed by atoms with Crippen molar-refractivity contribution < 1.29 is 29.0 Å². The minimum absolute atomic E-state index is 0.0921. The van der Waals surface area contributed by atoms with Crippen LogP contribution in [0.2, 0.25) is 0 Å². The summed E-state index contributed by atoms with van der Waals surface area (Å²) in [6.07, 6.45) is -1.05. The van der Waals surface area contributed by atoms with E-state index in [1.165, 1.54) is 4.90 Å². The van der Waals surface area contributed by atoms with Crippen LogP contribution in [0.15, 0.2) is 30.3 Å². The van der Waals surface area contributed by atoms with Gasteiger partial charge in [0.25, 0.3) is 0 Å². The fraction of sp³-hybridized carbons (Fsp3) is 0.625. The number of carbonyl (C=O) groups excluding carboxylic acids is 3. The van der Waals surface area contributed by atoms with Crippen molar-refractivity contribution in [3.05, 3.63) is 35.9 Å². The highest BCUT2D eigenvalue weighted by atomic mass is 16.6. The lowest BCUT2D eigenvalue weighted by Crippen LogP contribution is -2.60. The minimum Gasteiger partial charge on any atom is -0.445 e. The second-order valence-corrected chi connectivity index (χ2v) is 9.73. The number of nitrogens with one attached hydrogen (secondary N) is 2. The van der Waals surface area contributed by atoms with Crippen molar-refractivity contribution >= 4 is 18.1 Å². The standard InChI is InChI=1S/C24H37N3O6/c1-16(2)14-19(26-22(30)32-15-17-10-7-6-8-11-17)20(28)25-18-12-9-13-27(21(18)29)23(31)33-24(3,4)5/h6-8,10-11,16,18-19,21,29H,9,12-15H2,1-5H3,(H,25,28)(H,26,30)/t18-,19-,21?/m0/s1. The Morgan fingerprint density at radius 3 is 2.45 bits per heavy atom. The largest absolute Gasteiger partial charge is 0.445 e. The van der Waals surface area contributed by atoms with Crippen LogP contribution in [0.1, 0.15) is 59.4 Å². The van der Waals surface area contributed by atoms with Crippen LogP contribution >= 0.6 is 0 Å². The van der Waals surface area contributed by atoms with Crippen molar-refractivity contribution in [2.24, 2.45) is 5.92 Å². The summed E-state index contributed by atoms with van der Waals surface area (Å²) >= 11 is 0. The van der Waals surface area contributed by atoms with Crippen molar-refractivity contribution in [2.75, 3.05) is 6.54 Å². The van der Waals surface area contributed by atoms with Crippen molar-refractivity contribution in [1.82, 2.24) is 15.5 Å². The van der Waals surface area contributed by atoms with Crippen LogP contribution in [0.4, 0.5) is 9.59 Å². The average molecular weight is 464 g/mol. The van der Waals surface area contributed by atoms with E-state index in [2.05, 4.69) is 10.6 Å². The Hall–Kier alpha value is -2.81. The maximum Gasteiger partial charge on any atom is 0.412 e. The maximum absolute atomic E-state index is 13.0. The van der Waals surface area contributed by atoms with Crippen LogP contribution in [-0.4, -0.2) is 58.6 Å². The summed E-state index contributed by atoms with van der Waals surface area (Å²) in [7, 11) is 0. The van der Waals surface area contributed by atoms with Gasteiger partial charge in [-0.05, 0) is 51.5 Å². The van der Waals surface area contributed by atoms with E-state index >= 15 is 0 Å². The fourth-order valence-corrected chi connectivity index (χ4v) is 3.54. The van der Waals surface area contributed by atoms with Gasteiger partial charge in [0.05, 0.1) is 6.04 Å². The number of aliphatic hydroxyl groups is 1. The predicted octanol–water partition coefficient (Wildman–Crippen LogP) is 3.16. The molecule has 1 aliphatic heterocycles. The number of rotatable bonds is 7. The molecule has 184 valence electrons. The Bertz CT molecular complexity index is 793. The number of hydrogen-bond donors (Lipinski definition) is 3. The zero-order valence-corrected chi connectivity index (χ0v) is 20.2. The third kappa shape index (κ3) is 8.92. The first-order chi connectivity index (χ1) is 15.5. The van der Waals surface area contributed by atoms with E-state index in [-0.39, 0.29) is 12.5 Å². The van der Waals surface area contributed by atoms with E-state index in [1.54, 1.807) is 20.8 Å². The topological polar surface area (TPSA) is 117 Å². The summed E-state index contributed by atoms with van der Waals surface area (Å²) in [4.78, 5) is 38.9. The molecule has 33 heavy (non-hydrogen) atoms. The molecule has 1 aliphatic rings. The predicted molar refractivity (Wildman–Crippen MR) is 123 cm³/mol. The van der Waals surface area contributed by atoms with Crippen molar-refractivity contribution in [1.29, 1.82) is 0 Å². The maximum atomic E-state index is 13.0. The number of nitrogens with zero attached hydrogens (tertiary/aromatic N) is 1. The van der Waals surface area contributed by atoms with Gasteiger partial charge in [0.2, 0.25) is 5.91 Å². The van der Waals surface area contributed by atoms with Gasteiger partial charge in [0.1, 0.15) is 18.2 Å². The SMILES string of the molecule is CC(C)C[C@H](NC(=O)OCc1ccccc1)C(=O)N[C@H]1CCCN(C(=O)OC(C)(C)C)C1O. The summed E-state index contributed by atoms with van der Waals surface area (Å²) in [5.41, 5.74) is 0.143. The molecule has 1 aromatic rings.